The van der Waals surface area contributed by atoms with Crippen molar-refractivity contribution in [3.63, 3.8) is 0 Å². The Kier molecular flexibility index (Phi) is 5.22. The first-order chi connectivity index (χ1) is 7.54. The van der Waals surface area contributed by atoms with E-state index in [9.17, 15) is 4.79 Å². The zero-order valence-corrected chi connectivity index (χ0v) is 10.9. The molecule has 1 saturated heterocycles. The zero-order valence-electron chi connectivity index (χ0n) is 10.9. The van der Waals surface area contributed by atoms with Gasteiger partial charge in [0.15, 0.2) is 0 Å². The third kappa shape index (κ3) is 3.76. The molecule has 1 atom stereocenters. The van der Waals surface area contributed by atoms with Gasteiger partial charge in [-0.1, -0.05) is 0 Å². The quantitative estimate of drug-likeness (QED) is 0.738. The van der Waals surface area contributed by atoms with Gasteiger partial charge < -0.3 is 15.5 Å². The largest absolute Gasteiger partial charge is 0.358 e. The number of likely N-dealkylation sites (tertiary alicyclic amines) is 1. The van der Waals surface area contributed by atoms with Crippen molar-refractivity contribution < 1.29 is 4.79 Å². The second kappa shape index (κ2) is 6.21. The van der Waals surface area contributed by atoms with Crippen LogP contribution in [-0.4, -0.2) is 49.1 Å². The first-order valence-corrected chi connectivity index (χ1v) is 6.26. The Labute approximate surface area is 98.8 Å². The number of nitrogens with one attached hydrogen (secondary N) is 2. The van der Waals surface area contributed by atoms with Crippen LogP contribution in [0.2, 0.25) is 0 Å². The van der Waals surface area contributed by atoms with Gasteiger partial charge in [-0.05, 0) is 46.7 Å². The summed E-state index contributed by atoms with van der Waals surface area (Å²) >= 11 is 0. The lowest BCUT2D eigenvalue weighted by molar-refractivity contribution is -0.122. The van der Waals surface area contributed by atoms with Crippen LogP contribution in [0.25, 0.3) is 0 Å². The van der Waals surface area contributed by atoms with Gasteiger partial charge in [-0.3, -0.25) is 4.79 Å². The number of hydrogen-bond donors (Lipinski definition) is 2. The summed E-state index contributed by atoms with van der Waals surface area (Å²) in [5.74, 6) is 0.0753. The van der Waals surface area contributed by atoms with E-state index in [2.05, 4.69) is 29.4 Å². The predicted octanol–water partition coefficient (Wildman–Crippen LogP) is 0.583. The fraction of sp³-hybridized carbons (Fsp3) is 0.917. The summed E-state index contributed by atoms with van der Waals surface area (Å²) in [4.78, 5) is 13.9. The van der Waals surface area contributed by atoms with Gasteiger partial charge in [0, 0.05) is 19.1 Å². The smallest absolute Gasteiger partial charge is 0.236 e. The molecule has 0 unspecified atom stereocenters. The first kappa shape index (κ1) is 13.5. The molecule has 0 bridgehead atoms. The van der Waals surface area contributed by atoms with Crippen LogP contribution in [0.15, 0.2) is 0 Å². The minimum Gasteiger partial charge on any atom is -0.358 e. The molecule has 0 aliphatic carbocycles. The molecular formula is C12H25N3O. The molecule has 4 heteroatoms. The van der Waals surface area contributed by atoms with E-state index in [1.54, 1.807) is 7.05 Å². The molecule has 0 radical (unpaired) electrons. The molecule has 0 aromatic rings. The minimum absolute atomic E-state index is 0.0753. The molecule has 1 rings (SSSR count). The second-order valence-electron chi connectivity index (χ2n) is 4.91. The van der Waals surface area contributed by atoms with Gasteiger partial charge in [0.05, 0.1) is 6.04 Å². The van der Waals surface area contributed by atoms with Gasteiger partial charge in [-0.15, -0.1) is 0 Å². The Hall–Kier alpha value is -0.610. The summed E-state index contributed by atoms with van der Waals surface area (Å²) in [5, 5.41) is 6.06. The van der Waals surface area contributed by atoms with Crippen LogP contribution >= 0.6 is 0 Å². The van der Waals surface area contributed by atoms with E-state index < -0.39 is 0 Å². The zero-order chi connectivity index (χ0) is 12.1. The molecule has 0 spiro atoms. The molecule has 4 nitrogen and oxygen atoms in total. The Morgan fingerprint density at radius 2 is 1.81 bits per heavy atom. The summed E-state index contributed by atoms with van der Waals surface area (Å²) in [6.45, 7) is 8.67. The monoisotopic (exact) mass is 227 g/mol. The van der Waals surface area contributed by atoms with Gasteiger partial charge in [-0.25, -0.2) is 0 Å². The highest BCUT2D eigenvalue weighted by atomic mass is 16.2. The third-order valence-corrected chi connectivity index (χ3v) is 3.39. The van der Waals surface area contributed by atoms with E-state index in [1.165, 1.54) is 0 Å². The van der Waals surface area contributed by atoms with Crippen LogP contribution in [-0.2, 0) is 4.79 Å². The van der Waals surface area contributed by atoms with Crippen LogP contribution in [0, 0.1) is 0 Å². The highest BCUT2D eigenvalue weighted by molar-refractivity contribution is 5.80. The van der Waals surface area contributed by atoms with Crippen LogP contribution in [0.3, 0.4) is 0 Å². The van der Waals surface area contributed by atoms with E-state index in [0.29, 0.717) is 12.1 Å². The van der Waals surface area contributed by atoms with Gasteiger partial charge in [-0.2, -0.15) is 0 Å². The second-order valence-corrected chi connectivity index (χ2v) is 4.91. The normalized spacial score (nSPS) is 21.1. The average Bonchev–Trinajstić information content (AvgIpc) is 2.28. The molecule has 1 aliphatic rings. The maximum Gasteiger partial charge on any atom is 0.236 e. The van der Waals surface area contributed by atoms with Crippen molar-refractivity contribution in [2.75, 3.05) is 20.1 Å². The lowest BCUT2D eigenvalue weighted by Crippen LogP contribution is -2.50. The minimum atomic E-state index is -0.0828. The summed E-state index contributed by atoms with van der Waals surface area (Å²) < 4.78 is 0. The number of likely N-dealkylation sites (N-methyl/N-ethyl adjacent to an activating group) is 1. The van der Waals surface area contributed by atoms with E-state index >= 15 is 0 Å². The SMILES string of the molecule is CNC(=O)[C@@H](C)NC1CCN(C(C)C)CC1. The van der Waals surface area contributed by atoms with Gasteiger partial charge in [0.25, 0.3) is 0 Å². The number of piperidine rings is 1. The maximum absolute atomic E-state index is 11.4. The van der Waals surface area contributed by atoms with E-state index in [4.69, 9.17) is 0 Å². The summed E-state index contributed by atoms with van der Waals surface area (Å²) in [7, 11) is 1.68. The van der Waals surface area contributed by atoms with Crippen molar-refractivity contribution in [1.29, 1.82) is 0 Å². The Morgan fingerprint density at radius 1 is 1.25 bits per heavy atom. The van der Waals surface area contributed by atoms with E-state index in [0.717, 1.165) is 25.9 Å². The Morgan fingerprint density at radius 3 is 2.25 bits per heavy atom. The highest BCUT2D eigenvalue weighted by Gasteiger charge is 2.23. The molecule has 0 aromatic carbocycles. The standard InChI is InChI=1S/C12H25N3O/c1-9(2)15-7-5-11(6-8-15)14-10(3)12(16)13-4/h9-11,14H,5-8H2,1-4H3,(H,13,16)/t10-/m1/s1. The van der Waals surface area contributed by atoms with E-state index in [-0.39, 0.29) is 11.9 Å². The topological polar surface area (TPSA) is 44.4 Å². The van der Waals surface area contributed by atoms with Crippen molar-refractivity contribution in [3.8, 4) is 0 Å². The van der Waals surface area contributed by atoms with Gasteiger partial charge in [0.2, 0.25) is 5.91 Å². The lowest BCUT2D eigenvalue weighted by atomic mass is 10.0. The number of nitrogens with zero attached hydrogens (tertiary/aromatic N) is 1. The van der Waals surface area contributed by atoms with Crippen molar-refractivity contribution in [2.24, 2.45) is 0 Å². The lowest BCUT2D eigenvalue weighted by Gasteiger charge is -2.35. The molecule has 1 aliphatic heterocycles. The van der Waals surface area contributed by atoms with Crippen molar-refractivity contribution in [3.05, 3.63) is 0 Å². The van der Waals surface area contributed by atoms with E-state index in [1.807, 2.05) is 6.92 Å². The maximum atomic E-state index is 11.4. The van der Waals surface area contributed by atoms with Gasteiger partial charge >= 0.3 is 0 Å². The van der Waals surface area contributed by atoms with Crippen LogP contribution < -0.4 is 10.6 Å². The molecular weight excluding hydrogens is 202 g/mol. The fourth-order valence-electron chi connectivity index (χ4n) is 2.23. The number of carbonyl (C=O) groups is 1. The third-order valence-electron chi connectivity index (χ3n) is 3.39. The van der Waals surface area contributed by atoms with Crippen molar-refractivity contribution >= 4 is 5.91 Å². The summed E-state index contributed by atoms with van der Waals surface area (Å²) in [6, 6.07) is 1.04. The number of rotatable bonds is 4. The van der Waals surface area contributed by atoms with Crippen LogP contribution in [0.4, 0.5) is 0 Å². The summed E-state index contributed by atoms with van der Waals surface area (Å²) in [5.41, 5.74) is 0. The van der Waals surface area contributed by atoms with Gasteiger partial charge in [0.1, 0.15) is 0 Å². The molecule has 1 amide bonds. The molecule has 94 valence electrons. The average molecular weight is 227 g/mol. The molecule has 0 saturated carbocycles. The Bertz CT molecular complexity index is 222. The van der Waals surface area contributed by atoms with Crippen LogP contribution in [0.1, 0.15) is 33.6 Å². The molecule has 1 fully saturated rings. The first-order valence-electron chi connectivity index (χ1n) is 6.26. The number of hydrogen-bond acceptors (Lipinski definition) is 3. The number of amides is 1. The molecule has 0 aromatic heterocycles. The summed E-state index contributed by atoms with van der Waals surface area (Å²) in [6.07, 6.45) is 2.28. The predicted molar refractivity (Wildman–Crippen MR) is 66.4 cm³/mol. The van der Waals surface area contributed by atoms with Crippen LogP contribution in [0.5, 0.6) is 0 Å². The highest BCUT2D eigenvalue weighted by Crippen LogP contribution is 2.13. The molecule has 16 heavy (non-hydrogen) atoms. The number of carbonyl (C=O) groups excluding carboxylic acids is 1. The Balaban J connectivity index is 2.29. The molecule has 1 heterocycles. The van der Waals surface area contributed by atoms with Crippen molar-refractivity contribution in [2.45, 2.75) is 51.7 Å². The fourth-order valence-corrected chi connectivity index (χ4v) is 2.23. The molecule has 2 N–H and O–H groups in total. The van der Waals surface area contributed by atoms with Crippen molar-refractivity contribution in [1.82, 2.24) is 15.5 Å².